The van der Waals surface area contributed by atoms with E-state index in [1.807, 2.05) is 6.92 Å². The van der Waals surface area contributed by atoms with Crippen molar-refractivity contribution in [1.82, 2.24) is 15.1 Å². The van der Waals surface area contributed by atoms with Crippen molar-refractivity contribution in [3.63, 3.8) is 0 Å². The number of carbonyl (C=O) groups excluding carboxylic acids is 3. The van der Waals surface area contributed by atoms with E-state index in [0.717, 1.165) is 17.8 Å². The average Bonchev–Trinajstić information content (AvgIpc) is 3.14. The van der Waals surface area contributed by atoms with E-state index >= 15 is 0 Å². The van der Waals surface area contributed by atoms with Crippen molar-refractivity contribution in [2.45, 2.75) is 39.2 Å². The Morgan fingerprint density at radius 2 is 1.84 bits per heavy atom. The molecule has 1 N–H and O–H groups in total. The van der Waals surface area contributed by atoms with Gasteiger partial charge in [0.05, 0.1) is 11.8 Å². The summed E-state index contributed by atoms with van der Waals surface area (Å²) in [4.78, 5) is 39.8. The Labute approximate surface area is 149 Å². The Kier molecular flexibility index (Phi) is 3.94. The lowest BCUT2D eigenvalue weighted by molar-refractivity contribution is -0.146. The number of likely N-dealkylation sites (tertiary alicyclic amines) is 1. The maximum atomic E-state index is 13.0. The third-order valence-electron chi connectivity index (χ3n) is 5.55. The van der Waals surface area contributed by atoms with Crippen LogP contribution in [0.15, 0.2) is 12.2 Å². The van der Waals surface area contributed by atoms with Crippen molar-refractivity contribution >= 4 is 34.2 Å². The first-order valence-electron chi connectivity index (χ1n) is 8.67. The SMILES string of the molecule is CC[C@@H](C(=O)Nc1nnc(C)s1)N1C(=O)[C@@H]2[C@H](C1=O)[C@H]1C=C[C@H]2CC1. The van der Waals surface area contributed by atoms with E-state index < -0.39 is 6.04 Å². The van der Waals surface area contributed by atoms with Gasteiger partial charge in [-0.3, -0.25) is 24.6 Å². The third kappa shape index (κ3) is 2.50. The van der Waals surface area contributed by atoms with Crippen LogP contribution in [0.3, 0.4) is 0 Å². The topological polar surface area (TPSA) is 92.3 Å². The van der Waals surface area contributed by atoms with Gasteiger partial charge in [-0.1, -0.05) is 30.4 Å². The molecule has 25 heavy (non-hydrogen) atoms. The molecule has 2 fully saturated rings. The maximum absolute atomic E-state index is 13.0. The molecule has 2 heterocycles. The molecular weight excluding hydrogens is 340 g/mol. The average molecular weight is 360 g/mol. The first-order chi connectivity index (χ1) is 12.0. The zero-order chi connectivity index (χ0) is 17.7. The zero-order valence-corrected chi connectivity index (χ0v) is 15.0. The largest absolute Gasteiger partial charge is 0.299 e. The molecular formula is C17H20N4O3S. The molecule has 3 aliphatic carbocycles. The van der Waals surface area contributed by atoms with E-state index in [0.29, 0.717) is 11.6 Å². The number of rotatable bonds is 4. The Balaban J connectivity index is 1.58. The second-order valence-corrected chi connectivity index (χ2v) is 8.11. The maximum Gasteiger partial charge on any atom is 0.249 e. The summed E-state index contributed by atoms with van der Waals surface area (Å²) in [7, 11) is 0. The molecule has 8 heteroatoms. The van der Waals surface area contributed by atoms with Crippen LogP contribution < -0.4 is 5.32 Å². The number of fused-ring (bicyclic) bond motifs is 1. The lowest BCUT2D eigenvalue weighted by Crippen LogP contribution is -2.47. The quantitative estimate of drug-likeness (QED) is 0.652. The molecule has 0 spiro atoms. The standard InChI is InChI=1S/C17H20N4O3S/c1-3-11(14(22)18-17-20-19-8(2)25-17)21-15(23)12-9-4-5-10(7-6-9)13(12)16(21)24/h4-5,9-13H,3,6-7H2,1-2H3,(H,18,20,22)/t9-,10-,11-,12-,13+/m0/s1. The molecule has 3 amide bonds. The lowest BCUT2D eigenvalue weighted by Gasteiger charge is -2.38. The number of amides is 3. The van der Waals surface area contributed by atoms with Crippen LogP contribution in [0.2, 0.25) is 0 Å². The van der Waals surface area contributed by atoms with Crippen molar-refractivity contribution in [1.29, 1.82) is 0 Å². The molecule has 5 atom stereocenters. The van der Waals surface area contributed by atoms with E-state index in [9.17, 15) is 14.4 Å². The number of nitrogens with zero attached hydrogens (tertiary/aromatic N) is 3. The van der Waals surface area contributed by atoms with Gasteiger partial charge in [-0.25, -0.2) is 0 Å². The van der Waals surface area contributed by atoms with E-state index in [1.165, 1.54) is 16.2 Å². The summed E-state index contributed by atoms with van der Waals surface area (Å²) in [6, 6.07) is -0.797. The first-order valence-corrected chi connectivity index (χ1v) is 9.49. The molecule has 1 aromatic heterocycles. The van der Waals surface area contributed by atoms with Crippen LogP contribution in [0.4, 0.5) is 5.13 Å². The zero-order valence-electron chi connectivity index (χ0n) is 14.1. The minimum absolute atomic E-state index is 0.128. The number of imide groups is 1. The van der Waals surface area contributed by atoms with Crippen LogP contribution in [-0.2, 0) is 14.4 Å². The predicted octanol–water partition coefficient (Wildman–Crippen LogP) is 1.76. The molecule has 2 bridgehead atoms. The molecule has 0 aromatic carbocycles. The van der Waals surface area contributed by atoms with Gasteiger partial charge in [-0.2, -0.15) is 0 Å². The highest BCUT2D eigenvalue weighted by atomic mass is 32.1. The summed E-state index contributed by atoms with van der Waals surface area (Å²) < 4.78 is 0. The second-order valence-electron chi connectivity index (χ2n) is 6.93. The fourth-order valence-corrected chi connectivity index (χ4v) is 5.02. The Morgan fingerprint density at radius 1 is 1.24 bits per heavy atom. The predicted molar refractivity (Wildman–Crippen MR) is 91.5 cm³/mol. The van der Waals surface area contributed by atoms with Gasteiger partial charge in [-0.15, -0.1) is 10.2 Å². The van der Waals surface area contributed by atoms with Crippen molar-refractivity contribution in [2.24, 2.45) is 23.7 Å². The summed E-state index contributed by atoms with van der Waals surface area (Å²) >= 11 is 1.27. The smallest absolute Gasteiger partial charge is 0.249 e. The molecule has 1 saturated heterocycles. The highest BCUT2D eigenvalue weighted by Crippen LogP contribution is 2.50. The van der Waals surface area contributed by atoms with Gasteiger partial charge in [-0.05, 0) is 38.0 Å². The van der Waals surface area contributed by atoms with E-state index in [2.05, 4.69) is 27.7 Å². The van der Waals surface area contributed by atoms with Gasteiger partial charge in [0, 0.05) is 0 Å². The van der Waals surface area contributed by atoms with E-state index in [1.54, 1.807) is 6.92 Å². The van der Waals surface area contributed by atoms with Crippen LogP contribution >= 0.6 is 11.3 Å². The van der Waals surface area contributed by atoms with Crippen molar-refractivity contribution < 1.29 is 14.4 Å². The number of carbonyl (C=O) groups is 3. The highest BCUT2D eigenvalue weighted by molar-refractivity contribution is 7.15. The molecule has 1 aliphatic heterocycles. The molecule has 0 radical (unpaired) electrons. The number of nitrogens with one attached hydrogen (secondary N) is 1. The Morgan fingerprint density at radius 3 is 2.28 bits per heavy atom. The van der Waals surface area contributed by atoms with Gasteiger partial charge >= 0.3 is 0 Å². The summed E-state index contributed by atoms with van der Waals surface area (Å²) in [5, 5.41) is 11.6. The van der Waals surface area contributed by atoms with Gasteiger partial charge in [0.1, 0.15) is 11.0 Å². The van der Waals surface area contributed by atoms with E-state index in [4.69, 9.17) is 0 Å². The third-order valence-corrected chi connectivity index (χ3v) is 6.30. The molecule has 1 aromatic rings. The van der Waals surface area contributed by atoms with Crippen molar-refractivity contribution in [3.05, 3.63) is 17.2 Å². The molecule has 7 nitrogen and oxygen atoms in total. The van der Waals surface area contributed by atoms with Crippen LogP contribution in [0.25, 0.3) is 0 Å². The van der Waals surface area contributed by atoms with Crippen LogP contribution in [0.1, 0.15) is 31.2 Å². The second kappa shape index (κ2) is 6.01. The number of aromatic nitrogens is 2. The van der Waals surface area contributed by atoms with Crippen LogP contribution in [0, 0.1) is 30.6 Å². The molecule has 132 valence electrons. The van der Waals surface area contributed by atoms with Gasteiger partial charge in [0.25, 0.3) is 0 Å². The van der Waals surface area contributed by atoms with Crippen molar-refractivity contribution in [3.8, 4) is 0 Å². The number of aryl methyl sites for hydroxylation is 1. The van der Waals surface area contributed by atoms with Gasteiger partial charge in [0.15, 0.2) is 0 Å². The van der Waals surface area contributed by atoms with Gasteiger partial charge in [0.2, 0.25) is 22.9 Å². The van der Waals surface area contributed by atoms with E-state index in [-0.39, 0.29) is 41.4 Å². The first kappa shape index (κ1) is 16.4. The fraction of sp³-hybridized carbons (Fsp3) is 0.588. The Hall–Kier alpha value is -2.09. The van der Waals surface area contributed by atoms with Crippen LogP contribution in [-0.4, -0.2) is 38.9 Å². The fourth-order valence-electron chi connectivity index (χ4n) is 4.43. The number of hydrogen-bond acceptors (Lipinski definition) is 6. The highest BCUT2D eigenvalue weighted by Gasteiger charge is 2.58. The molecule has 1 saturated carbocycles. The minimum Gasteiger partial charge on any atom is -0.299 e. The molecule has 0 unspecified atom stereocenters. The number of hydrogen-bond donors (Lipinski definition) is 1. The Bertz CT molecular complexity index is 742. The number of anilines is 1. The lowest BCUT2D eigenvalue weighted by atomic mass is 9.63. The molecule has 4 aliphatic rings. The van der Waals surface area contributed by atoms with Crippen LogP contribution in [0.5, 0.6) is 0 Å². The summed E-state index contributed by atoms with van der Waals surface area (Å²) in [6.07, 6.45) is 6.43. The summed E-state index contributed by atoms with van der Waals surface area (Å²) in [5.74, 6) is -1.08. The minimum atomic E-state index is -0.797. The summed E-state index contributed by atoms with van der Waals surface area (Å²) in [5.41, 5.74) is 0. The summed E-state index contributed by atoms with van der Waals surface area (Å²) in [6.45, 7) is 3.61. The number of allylic oxidation sites excluding steroid dienone is 2. The normalized spacial score (nSPS) is 31.4. The molecule has 5 rings (SSSR count). The van der Waals surface area contributed by atoms with Crippen molar-refractivity contribution in [2.75, 3.05) is 5.32 Å². The monoisotopic (exact) mass is 360 g/mol. The van der Waals surface area contributed by atoms with Gasteiger partial charge < -0.3 is 0 Å².